The van der Waals surface area contributed by atoms with E-state index in [2.05, 4.69) is 204 Å². The van der Waals surface area contributed by atoms with Gasteiger partial charge in [0.25, 0.3) is 0 Å². The van der Waals surface area contributed by atoms with Gasteiger partial charge in [-0.05, 0) is 94.7 Å². The smallest absolute Gasteiger partial charge is 0.135 e. The van der Waals surface area contributed by atoms with E-state index in [0.717, 1.165) is 28.8 Å². The Hall–Kier alpha value is -7.10. The van der Waals surface area contributed by atoms with Crippen LogP contribution in [0.1, 0.15) is 6.42 Å². The Labute approximate surface area is 318 Å². The van der Waals surface area contributed by atoms with Gasteiger partial charge in [0.15, 0.2) is 0 Å². The highest BCUT2D eigenvalue weighted by Crippen LogP contribution is 2.40. The van der Waals surface area contributed by atoms with E-state index in [1.54, 1.807) is 0 Å². The molecular weight excluding hydrogens is 669 g/mol. The van der Waals surface area contributed by atoms with Crippen LogP contribution >= 0.6 is 0 Å². The molecular formula is C52H36N2O. The van der Waals surface area contributed by atoms with Crippen LogP contribution in [0, 0.1) is 0 Å². The molecule has 2 heterocycles. The molecule has 0 aliphatic heterocycles. The molecule has 0 N–H and O–H groups in total. The first-order chi connectivity index (χ1) is 27.3. The highest BCUT2D eigenvalue weighted by molar-refractivity contribution is 6.19. The van der Waals surface area contributed by atoms with Crippen LogP contribution in [0.4, 0.5) is 11.4 Å². The lowest BCUT2D eigenvalue weighted by molar-refractivity contribution is 0.568. The van der Waals surface area contributed by atoms with E-state index >= 15 is 0 Å². The molecule has 0 saturated heterocycles. The lowest BCUT2D eigenvalue weighted by Crippen LogP contribution is -2.36. The third-order valence-corrected chi connectivity index (χ3v) is 11.3. The number of para-hydroxylation sites is 2. The predicted molar refractivity (Wildman–Crippen MR) is 231 cm³/mol. The van der Waals surface area contributed by atoms with E-state index in [-0.39, 0.29) is 6.04 Å². The Morgan fingerprint density at radius 2 is 1.18 bits per heavy atom. The normalized spacial score (nSPS) is 13.9. The van der Waals surface area contributed by atoms with Crippen molar-refractivity contribution in [2.24, 2.45) is 0 Å². The van der Waals surface area contributed by atoms with Crippen molar-refractivity contribution in [3.05, 3.63) is 199 Å². The number of furan rings is 1. The molecule has 3 heteroatoms. The zero-order valence-electron chi connectivity index (χ0n) is 30.1. The highest BCUT2D eigenvalue weighted by Gasteiger charge is 2.23. The third kappa shape index (κ3) is 5.27. The predicted octanol–water partition coefficient (Wildman–Crippen LogP) is 12.2. The van der Waals surface area contributed by atoms with Crippen molar-refractivity contribution in [2.75, 3.05) is 4.90 Å². The summed E-state index contributed by atoms with van der Waals surface area (Å²) in [5, 5.41) is 7.38. The van der Waals surface area contributed by atoms with Crippen molar-refractivity contribution in [1.29, 1.82) is 0 Å². The maximum absolute atomic E-state index is 6.42. The summed E-state index contributed by atoms with van der Waals surface area (Å²) in [4.78, 5) is 2.46. The molecule has 11 rings (SSSR count). The third-order valence-electron chi connectivity index (χ3n) is 11.3. The molecule has 55 heavy (non-hydrogen) atoms. The van der Waals surface area contributed by atoms with E-state index in [9.17, 15) is 0 Å². The zero-order valence-corrected chi connectivity index (χ0v) is 30.1. The van der Waals surface area contributed by atoms with Crippen molar-refractivity contribution in [3.63, 3.8) is 0 Å². The minimum atomic E-state index is 0.0697. The Balaban J connectivity index is 1.03. The van der Waals surface area contributed by atoms with Gasteiger partial charge in [-0.2, -0.15) is 0 Å². The number of aromatic nitrogens is 1. The first-order valence-corrected chi connectivity index (χ1v) is 19.0. The van der Waals surface area contributed by atoms with E-state index in [1.807, 2.05) is 6.07 Å². The fourth-order valence-corrected chi connectivity index (χ4v) is 8.70. The largest absolute Gasteiger partial charge is 0.456 e. The van der Waals surface area contributed by atoms with Gasteiger partial charge in [-0.15, -0.1) is 0 Å². The molecule has 0 bridgehead atoms. The van der Waals surface area contributed by atoms with Crippen LogP contribution in [0.15, 0.2) is 192 Å². The summed E-state index contributed by atoms with van der Waals surface area (Å²) in [7, 11) is 0. The summed E-state index contributed by atoms with van der Waals surface area (Å²) in [6, 6.07) is 67.9. The summed E-state index contributed by atoms with van der Waals surface area (Å²) < 4.78 is 8.84. The molecule has 1 aliphatic rings. The minimum absolute atomic E-state index is 0.0697. The van der Waals surface area contributed by atoms with Gasteiger partial charge in [-0.1, -0.05) is 140 Å². The van der Waals surface area contributed by atoms with Crippen molar-refractivity contribution < 1.29 is 4.42 Å². The summed E-state index contributed by atoms with van der Waals surface area (Å²) in [5.74, 6) is 0. The molecule has 8 aromatic carbocycles. The second kappa shape index (κ2) is 12.8. The monoisotopic (exact) mass is 704 g/mol. The van der Waals surface area contributed by atoms with E-state index in [0.29, 0.717) is 0 Å². The van der Waals surface area contributed by atoms with Gasteiger partial charge in [-0.25, -0.2) is 0 Å². The van der Waals surface area contributed by atoms with E-state index < -0.39 is 0 Å². The Bertz CT molecular complexity index is 3170. The average Bonchev–Trinajstić information content (AvgIpc) is 3.80. The number of hydrogen-bond acceptors (Lipinski definition) is 2. The molecule has 0 amide bonds. The van der Waals surface area contributed by atoms with Crippen LogP contribution in [0.2, 0.25) is 0 Å². The molecule has 0 saturated carbocycles. The molecule has 0 radical (unpaired) electrons. The summed E-state index contributed by atoms with van der Waals surface area (Å²) >= 11 is 0. The maximum atomic E-state index is 6.42. The molecule has 1 atom stereocenters. The first-order valence-electron chi connectivity index (χ1n) is 19.0. The number of fused-ring (bicyclic) bond motifs is 8. The lowest BCUT2D eigenvalue weighted by atomic mass is 9.99. The van der Waals surface area contributed by atoms with Gasteiger partial charge in [0, 0.05) is 43.8 Å². The topological polar surface area (TPSA) is 21.3 Å². The van der Waals surface area contributed by atoms with Gasteiger partial charge < -0.3 is 13.9 Å². The van der Waals surface area contributed by atoms with Crippen molar-refractivity contribution in [3.8, 4) is 27.9 Å². The number of nitrogens with zero attached hydrogens (tertiary/aromatic N) is 2. The van der Waals surface area contributed by atoms with Crippen LogP contribution in [-0.2, 0) is 0 Å². The number of rotatable bonds is 6. The van der Waals surface area contributed by atoms with Crippen LogP contribution < -0.4 is 15.5 Å². The molecule has 3 nitrogen and oxygen atoms in total. The fourth-order valence-electron chi connectivity index (χ4n) is 8.70. The molecule has 10 aromatic rings. The Kier molecular flexibility index (Phi) is 7.31. The van der Waals surface area contributed by atoms with Crippen molar-refractivity contribution in [2.45, 2.75) is 12.5 Å². The van der Waals surface area contributed by atoms with Crippen LogP contribution in [0.5, 0.6) is 0 Å². The quantitative estimate of drug-likeness (QED) is 0.172. The maximum Gasteiger partial charge on any atom is 0.135 e. The molecule has 2 aromatic heterocycles. The molecule has 260 valence electrons. The van der Waals surface area contributed by atoms with Gasteiger partial charge in [0.05, 0.1) is 17.1 Å². The molecule has 0 fully saturated rings. The van der Waals surface area contributed by atoms with Crippen LogP contribution in [0.25, 0.3) is 83.6 Å². The number of anilines is 2. The van der Waals surface area contributed by atoms with Crippen molar-refractivity contribution in [1.82, 2.24) is 4.57 Å². The number of hydrogen-bond donors (Lipinski definition) is 0. The Morgan fingerprint density at radius 3 is 2.04 bits per heavy atom. The second-order valence-electron chi connectivity index (χ2n) is 14.5. The molecule has 1 aliphatic carbocycles. The summed E-state index contributed by atoms with van der Waals surface area (Å²) in [6.45, 7) is 0. The number of benzene rings is 8. The second-order valence-corrected chi connectivity index (χ2v) is 14.5. The fraction of sp³-hybridized carbons (Fsp3) is 0.0385. The highest BCUT2D eigenvalue weighted by atomic mass is 16.3. The van der Waals surface area contributed by atoms with Gasteiger partial charge in [-0.3, -0.25) is 0 Å². The SMILES string of the molecule is C1=c2oc3ccccc3c2=CCC1N(c1ccc(-c2ccc3c(c2)c2ccc4ccccc4c2n3-c2ccccc2)cc1)c1cccc(-c2ccccc2)c1. The summed E-state index contributed by atoms with van der Waals surface area (Å²) in [5.41, 5.74) is 12.5. The Morgan fingerprint density at radius 1 is 0.491 bits per heavy atom. The first kappa shape index (κ1) is 31.4. The van der Waals surface area contributed by atoms with E-state index in [1.165, 1.54) is 71.1 Å². The zero-order chi connectivity index (χ0) is 36.3. The van der Waals surface area contributed by atoms with Crippen molar-refractivity contribution >= 4 is 67.1 Å². The lowest BCUT2D eigenvalue weighted by Gasteiger charge is -2.32. The average molecular weight is 705 g/mol. The van der Waals surface area contributed by atoms with Crippen LogP contribution in [0.3, 0.4) is 0 Å². The minimum Gasteiger partial charge on any atom is -0.456 e. The van der Waals surface area contributed by atoms with Crippen LogP contribution in [-0.4, -0.2) is 10.6 Å². The summed E-state index contributed by atoms with van der Waals surface area (Å²) in [6.07, 6.45) is 5.52. The van der Waals surface area contributed by atoms with Gasteiger partial charge >= 0.3 is 0 Å². The molecule has 0 spiro atoms. The standard InChI is InChI=1S/C52H36N2O/c1-3-12-35(13-4-1)38-15-11-18-42(32-38)53(43-28-30-46-45-20-9-10-21-50(45)55-51(46)34-43)41-26-22-36(23-27-41)39-25-31-49-48(33-39)47-29-24-37-14-7-8-19-44(37)52(47)54(49)40-16-5-2-6-17-40/h1-27,29-34,43H,28H2. The van der Waals surface area contributed by atoms with Gasteiger partial charge in [0.2, 0.25) is 0 Å². The molecule has 1 unspecified atom stereocenters. The van der Waals surface area contributed by atoms with E-state index in [4.69, 9.17) is 4.42 Å². The van der Waals surface area contributed by atoms with Gasteiger partial charge in [0.1, 0.15) is 11.0 Å².